The van der Waals surface area contributed by atoms with Crippen LogP contribution in [0.25, 0.3) is 11.0 Å². The van der Waals surface area contributed by atoms with Gasteiger partial charge in [-0.1, -0.05) is 29.8 Å². The van der Waals surface area contributed by atoms with E-state index >= 15 is 0 Å². The van der Waals surface area contributed by atoms with Crippen LogP contribution in [0, 0.1) is 6.92 Å². The Kier molecular flexibility index (Phi) is 2.88. The summed E-state index contributed by atoms with van der Waals surface area (Å²) in [5.74, 6) is 1.64. The van der Waals surface area contributed by atoms with Crippen LogP contribution in [0.1, 0.15) is 23.5 Å². The largest absolute Gasteiger partial charge is 0.355 e. The van der Waals surface area contributed by atoms with Crippen LogP contribution in [0.3, 0.4) is 0 Å². The second-order valence-electron chi connectivity index (χ2n) is 5.78. The van der Waals surface area contributed by atoms with Crippen molar-refractivity contribution in [2.45, 2.75) is 19.3 Å². The molecule has 1 aliphatic heterocycles. The van der Waals surface area contributed by atoms with Gasteiger partial charge in [0.2, 0.25) is 0 Å². The average Bonchev–Trinajstić information content (AvgIpc) is 3.16. The predicted octanol–water partition coefficient (Wildman–Crippen LogP) is 3.26. The van der Waals surface area contributed by atoms with Crippen molar-refractivity contribution in [2.24, 2.45) is 0 Å². The van der Waals surface area contributed by atoms with E-state index in [0.717, 1.165) is 29.9 Å². The number of anilines is 1. The summed E-state index contributed by atoms with van der Waals surface area (Å²) < 4.78 is 0. The maximum Gasteiger partial charge on any atom is 0.142 e. The number of aromatic nitrogens is 3. The average molecular weight is 278 g/mol. The van der Waals surface area contributed by atoms with Gasteiger partial charge in [0.1, 0.15) is 17.8 Å². The fourth-order valence-electron chi connectivity index (χ4n) is 3.26. The van der Waals surface area contributed by atoms with Crippen molar-refractivity contribution in [3.63, 3.8) is 0 Å². The lowest BCUT2D eigenvalue weighted by molar-refractivity contribution is 0.773. The molecule has 3 aromatic rings. The van der Waals surface area contributed by atoms with Crippen LogP contribution in [0.15, 0.2) is 42.9 Å². The second kappa shape index (κ2) is 4.88. The molecule has 0 spiro atoms. The zero-order chi connectivity index (χ0) is 14.2. The van der Waals surface area contributed by atoms with E-state index in [1.54, 1.807) is 6.33 Å². The molecule has 21 heavy (non-hydrogen) atoms. The fourth-order valence-corrected chi connectivity index (χ4v) is 3.26. The van der Waals surface area contributed by atoms with E-state index in [0.29, 0.717) is 5.92 Å². The summed E-state index contributed by atoms with van der Waals surface area (Å²) in [7, 11) is 0. The van der Waals surface area contributed by atoms with E-state index in [-0.39, 0.29) is 0 Å². The number of aromatic amines is 1. The van der Waals surface area contributed by atoms with Crippen molar-refractivity contribution < 1.29 is 0 Å². The van der Waals surface area contributed by atoms with E-state index in [1.165, 1.54) is 17.5 Å². The summed E-state index contributed by atoms with van der Waals surface area (Å²) in [5, 5.41) is 1.11. The summed E-state index contributed by atoms with van der Waals surface area (Å²) >= 11 is 0. The van der Waals surface area contributed by atoms with Gasteiger partial charge in [-0.2, -0.15) is 0 Å². The minimum absolute atomic E-state index is 0.592. The van der Waals surface area contributed by atoms with Gasteiger partial charge in [0.05, 0.1) is 5.39 Å². The summed E-state index contributed by atoms with van der Waals surface area (Å²) in [4.78, 5) is 14.3. The number of nitrogens with one attached hydrogen (secondary N) is 1. The summed E-state index contributed by atoms with van der Waals surface area (Å²) in [6.45, 7) is 4.24. The monoisotopic (exact) mass is 278 g/mol. The van der Waals surface area contributed by atoms with E-state index in [4.69, 9.17) is 0 Å². The highest BCUT2D eigenvalue weighted by molar-refractivity contribution is 5.87. The Labute approximate surface area is 123 Å². The number of H-pyrrole nitrogens is 1. The number of fused-ring (bicyclic) bond motifs is 1. The number of hydrogen-bond donors (Lipinski definition) is 1. The standard InChI is InChI=1S/C17H18N4/c1-12-3-2-4-13(9-12)14-6-8-21(10-14)17-15-5-7-18-16(15)19-11-20-17/h2-5,7,9,11,14H,6,8,10H2,1H3,(H,18,19,20). The number of hydrogen-bond acceptors (Lipinski definition) is 3. The molecule has 2 aromatic heterocycles. The molecule has 4 nitrogen and oxygen atoms in total. The van der Waals surface area contributed by atoms with Crippen molar-refractivity contribution in [2.75, 3.05) is 18.0 Å². The number of rotatable bonds is 2. The van der Waals surface area contributed by atoms with Gasteiger partial charge in [-0.05, 0) is 25.0 Å². The maximum absolute atomic E-state index is 4.50. The summed E-state index contributed by atoms with van der Waals surface area (Å²) in [6.07, 6.45) is 4.75. The van der Waals surface area contributed by atoms with Crippen molar-refractivity contribution in [1.29, 1.82) is 0 Å². The molecule has 0 amide bonds. The van der Waals surface area contributed by atoms with E-state index in [1.807, 2.05) is 6.20 Å². The zero-order valence-corrected chi connectivity index (χ0v) is 12.1. The Morgan fingerprint density at radius 2 is 2.19 bits per heavy atom. The smallest absolute Gasteiger partial charge is 0.142 e. The number of benzene rings is 1. The highest BCUT2D eigenvalue weighted by Crippen LogP contribution is 2.32. The molecule has 1 fully saturated rings. The van der Waals surface area contributed by atoms with Crippen LogP contribution in [-0.2, 0) is 0 Å². The van der Waals surface area contributed by atoms with Crippen molar-refractivity contribution in [3.8, 4) is 0 Å². The first-order valence-electron chi connectivity index (χ1n) is 7.41. The third-order valence-corrected chi connectivity index (χ3v) is 4.33. The van der Waals surface area contributed by atoms with E-state index in [9.17, 15) is 0 Å². The first-order valence-corrected chi connectivity index (χ1v) is 7.41. The minimum atomic E-state index is 0.592. The minimum Gasteiger partial charge on any atom is -0.355 e. The van der Waals surface area contributed by atoms with Crippen molar-refractivity contribution >= 4 is 16.9 Å². The first-order chi connectivity index (χ1) is 10.3. The molecule has 1 aromatic carbocycles. The zero-order valence-electron chi connectivity index (χ0n) is 12.1. The topological polar surface area (TPSA) is 44.8 Å². The predicted molar refractivity (Wildman–Crippen MR) is 84.6 cm³/mol. The summed E-state index contributed by atoms with van der Waals surface area (Å²) in [5.41, 5.74) is 3.69. The SMILES string of the molecule is Cc1cccc(C2CCN(c3ncnc4[nH]ccc34)C2)c1. The normalized spacial score (nSPS) is 18.5. The Hall–Kier alpha value is -2.36. The highest BCUT2D eigenvalue weighted by atomic mass is 15.2. The van der Waals surface area contributed by atoms with Gasteiger partial charge in [-0.3, -0.25) is 0 Å². The first kappa shape index (κ1) is 12.4. The molecular formula is C17H18N4. The Bertz CT molecular complexity index is 777. The van der Waals surface area contributed by atoms with Crippen molar-refractivity contribution in [1.82, 2.24) is 15.0 Å². The molecule has 0 aliphatic carbocycles. The van der Waals surface area contributed by atoms with Crippen LogP contribution in [0.5, 0.6) is 0 Å². The molecule has 0 saturated carbocycles. The van der Waals surface area contributed by atoms with Crippen LogP contribution >= 0.6 is 0 Å². The molecule has 4 rings (SSSR count). The third-order valence-electron chi connectivity index (χ3n) is 4.33. The molecule has 0 bridgehead atoms. The van der Waals surface area contributed by atoms with E-state index in [2.05, 4.69) is 57.1 Å². The molecule has 0 radical (unpaired) electrons. The molecule has 106 valence electrons. The molecule has 1 unspecified atom stereocenters. The van der Waals surface area contributed by atoms with Gasteiger partial charge < -0.3 is 9.88 Å². The quantitative estimate of drug-likeness (QED) is 0.782. The van der Waals surface area contributed by atoms with Crippen LogP contribution < -0.4 is 4.90 Å². The third kappa shape index (κ3) is 2.17. The van der Waals surface area contributed by atoms with Gasteiger partial charge >= 0.3 is 0 Å². The molecule has 1 saturated heterocycles. The Morgan fingerprint density at radius 1 is 1.24 bits per heavy atom. The fraction of sp³-hybridized carbons (Fsp3) is 0.294. The van der Waals surface area contributed by atoms with Crippen LogP contribution in [-0.4, -0.2) is 28.0 Å². The maximum atomic E-state index is 4.50. The highest BCUT2D eigenvalue weighted by Gasteiger charge is 2.26. The van der Waals surface area contributed by atoms with Crippen LogP contribution in [0.4, 0.5) is 5.82 Å². The molecule has 1 N–H and O–H groups in total. The van der Waals surface area contributed by atoms with Gasteiger partial charge in [0.15, 0.2) is 0 Å². The molecule has 1 aliphatic rings. The molecule has 4 heteroatoms. The van der Waals surface area contributed by atoms with Gasteiger partial charge in [0, 0.05) is 25.2 Å². The number of nitrogens with zero attached hydrogens (tertiary/aromatic N) is 3. The Balaban J connectivity index is 1.63. The lowest BCUT2D eigenvalue weighted by Gasteiger charge is -2.18. The van der Waals surface area contributed by atoms with Crippen molar-refractivity contribution in [3.05, 3.63) is 54.0 Å². The second-order valence-corrected chi connectivity index (χ2v) is 5.78. The lowest BCUT2D eigenvalue weighted by atomic mass is 9.97. The number of aryl methyl sites for hydroxylation is 1. The lowest BCUT2D eigenvalue weighted by Crippen LogP contribution is -2.20. The molecule has 3 heterocycles. The molecule has 1 atom stereocenters. The van der Waals surface area contributed by atoms with E-state index < -0.39 is 0 Å². The molecular weight excluding hydrogens is 260 g/mol. The Morgan fingerprint density at radius 3 is 3.10 bits per heavy atom. The summed E-state index contributed by atoms with van der Waals surface area (Å²) in [6, 6.07) is 10.9. The van der Waals surface area contributed by atoms with Gasteiger partial charge in [0.25, 0.3) is 0 Å². The van der Waals surface area contributed by atoms with Crippen LogP contribution in [0.2, 0.25) is 0 Å². The van der Waals surface area contributed by atoms with Gasteiger partial charge in [-0.25, -0.2) is 9.97 Å². The van der Waals surface area contributed by atoms with Gasteiger partial charge in [-0.15, -0.1) is 0 Å².